The summed E-state index contributed by atoms with van der Waals surface area (Å²) in [5, 5.41) is 0. The smallest absolute Gasteiger partial charge is 0.123 e. The van der Waals surface area contributed by atoms with Crippen LogP contribution in [0.2, 0.25) is 0 Å². The summed E-state index contributed by atoms with van der Waals surface area (Å²) in [6.45, 7) is 2.95. The van der Waals surface area contributed by atoms with Gasteiger partial charge in [-0.1, -0.05) is 17.7 Å². The SMILES string of the molecule is COc1ccc(C)cc1Cn1cccc1. The molecule has 1 aromatic heterocycles. The molecule has 0 N–H and O–H groups in total. The Morgan fingerprint density at radius 3 is 2.60 bits per heavy atom. The molecule has 1 aromatic carbocycles. The number of benzene rings is 1. The van der Waals surface area contributed by atoms with Crippen molar-refractivity contribution >= 4 is 0 Å². The lowest BCUT2D eigenvalue weighted by Crippen LogP contribution is -1.99. The van der Waals surface area contributed by atoms with E-state index in [1.54, 1.807) is 7.11 Å². The van der Waals surface area contributed by atoms with Crippen LogP contribution in [0.1, 0.15) is 11.1 Å². The van der Waals surface area contributed by atoms with Crippen molar-refractivity contribution in [1.82, 2.24) is 4.57 Å². The molecule has 0 aliphatic rings. The Morgan fingerprint density at radius 1 is 1.20 bits per heavy atom. The topological polar surface area (TPSA) is 14.2 Å². The van der Waals surface area contributed by atoms with Gasteiger partial charge >= 0.3 is 0 Å². The minimum atomic E-state index is 0.859. The monoisotopic (exact) mass is 201 g/mol. The van der Waals surface area contributed by atoms with E-state index in [0.29, 0.717) is 0 Å². The van der Waals surface area contributed by atoms with Crippen molar-refractivity contribution in [2.75, 3.05) is 7.11 Å². The van der Waals surface area contributed by atoms with Crippen molar-refractivity contribution < 1.29 is 4.74 Å². The van der Waals surface area contributed by atoms with Gasteiger partial charge in [0.05, 0.1) is 13.7 Å². The summed E-state index contributed by atoms with van der Waals surface area (Å²) in [4.78, 5) is 0. The van der Waals surface area contributed by atoms with E-state index in [4.69, 9.17) is 4.74 Å². The highest BCUT2D eigenvalue weighted by Crippen LogP contribution is 2.20. The summed E-state index contributed by atoms with van der Waals surface area (Å²) in [6, 6.07) is 10.3. The molecule has 0 fully saturated rings. The third-order valence-electron chi connectivity index (χ3n) is 2.46. The molecule has 0 amide bonds. The zero-order valence-corrected chi connectivity index (χ0v) is 9.10. The largest absolute Gasteiger partial charge is 0.496 e. The maximum absolute atomic E-state index is 5.34. The molecule has 0 bridgehead atoms. The molecule has 0 unspecified atom stereocenters. The summed E-state index contributed by atoms with van der Waals surface area (Å²) >= 11 is 0. The lowest BCUT2D eigenvalue weighted by molar-refractivity contribution is 0.408. The molecule has 2 rings (SSSR count). The molecule has 0 atom stereocenters. The number of methoxy groups -OCH3 is 1. The molecule has 0 radical (unpaired) electrons. The van der Waals surface area contributed by atoms with E-state index in [-0.39, 0.29) is 0 Å². The van der Waals surface area contributed by atoms with Crippen LogP contribution in [0, 0.1) is 6.92 Å². The fraction of sp³-hybridized carbons (Fsp3) is 0.231. The average molecular weight is 201 g/mol. The molecule has 0 spiro atoms. The van der Waals surface area contributed by atoms with Gasteiger partial charge in [0.25, 0.3) is 0 Å². The average Bonchev–Trinajstić information content (AvgIpc) is 2.71. The van der Waals surface area contributed by atoms with E-state index in [9.17, 15) is 0 Å². The molecule has 0 saturated carbocycles. The van der Waals surface area contributed by atoms with Gasteiger partial charge in [0.1, 0.15) is 5.75 Å². The summed E-state index contributed by atoms with van der Waals surface area (Å²) in [5.41, 5.74) is 2.48. The quantitative estimate of drug-likeness (QED) is 0.744. The Balaban J connectivity index is 2.30. The van der Waals surface area contributed by atoms with Crippen LogP contribution >= 0.6 is 0 Å². The number of ether oxygens (including phenoxy) is 1. The lowest BCUT2D eigenvalue weighted by Gasteiger charge is -2.10. The second-order valence-electron chi connectivity index (χ2n) is 3.67. The minimum absolute atomic E-state index is 0.859. The first kappa shape index (κ1) is 9.84. The molecular formula is C13H15NO. The van der Waals surface area contributed by atoms with Gasteiger partial charge in [0.15, 0.2) is 0 Å². The van der Waals surface area contributed by atoms with Gasteiger partial charge < -0.3 is 9.30 Å². The molecule has 2 nitrogen and oxygen atoms in total. The van der Waals surface area contributed by atoms with Gasteiger partial charge in [-0.2, -0.15) is 0 Å². The van der Waals surface area contributed by atoms with E-state index < -0.39 is 0 Å². The first-order valence-electron chi connectivity index (χ1n) is 5.04. The van der Waals surface area contributed by atoms with Crippen molar-refractivity contribution in [2.24, 2.45) is 0 Å². The van der Waals surface area contributed by atoms with Crippen LogP contribution in [0.25, 0.3) is 0 Å². The molecule has 2 aromatic rings. The van der Waals surface area contributed by atoms with Gasteiger partial charge in [0.2, 0.25) is 0 Å². The zero-order chi connectivity index (χ0) is 10.7. The van der Waals surface area contributed by atoms with Crippen molar-refractivity contribution in [3.63, 3.8) is 0 Å². The highest BCUT2D eigenvalue weighted by Gasteiger charge is 2.02. The summed E-state index contributed by atoms with van der Waals surface area (Å²) in [6.07, 6.45) is 4.11. The van der Waals surface area contributed by atoms with Crippen molar-refractivity contribution in [1.29, 1.82) is 0 Å². The number of aryl methyl sites for hydroxylation is 1. The van der Waals surface area contributed by atoms with E-state index in [2.05, 4.69) is 36.0 Å². The van der Waals surface area contributed by atoms with E-state index in [1.807, 2.05) is 18.2 Å². The predicted molar refractivity (Wildman–Crippen MR) is 61.3 cm³/mol. The van der Waals surface area contributed by atoms with Crippen molar-refractivity contribution in [3.05, 3.63) is 53.9 Å². The Kier molecular flexibility index (Phi) is 2.77. The van der Waals surface area contributed by atoms with Crippen LogP contribution in [0.3, 0.4) is 0 Å². The normalized spacial score (nSPS) is 10.3. The van der Waals surface area contributed by atoms with Crippen LogP contribution in [0.15, 0.2) is 42.7 Å². The number of rotatable bonds is 3. The van der Waals surface area contributed by atoms with Gasteiger partial charge in [-0.3, -0.25) is 0 Å². The Labute approximate surface area is 90.1 Å². The Morgan fingerprint density at radius 2 is 1.93 bits per heavy atom. The Hall–Kier alpha value is -1.70. The third-order valence-corrected chi connectivity index (χ3v) is 2.46. The fourth-order valence-electron chi connectivity index (χ4n) is 1.70. The number of aromatic nitrogens is 1. The molecule has 0 aliphatic heterocycles. The maximum atomic E-state index is 5.34. The number of hydrogen-bond donors (Lipinski definition) is 0. The highest BCUT2D eigenvalue weighted by molar-refractivity contribution is 5.37. The van der Waals surface area contributed by atoms with Crippen molar-refractivity contribution in [2.45, 2.75) is 13.5 Å². The van der Waals surface area contributed by atoms with Crippen LogP contribution in [-0.4, -0.2) is 11.7 Å². The van der Waals surface area contributed by atoms with Gasteiger partial charge in [0, 0.05) is 18.0 Å². The first-order valence-corrected chi connectivity index (χ1v) is 5.04. The van der Waals surface area contributed by atoms with Crippen LogP contribution in [0.5, 0.6) is 5.75 Å². The zero-order valence-electron chi connectivity index (χ0n) is 9.10. The Bertz CT molecular complexity index is 432. The second-order valence-corrected chi connectivity index (χ2v) is 3.67. The van der Waals surface area contributed by atoms with Crippen molar-refractivity contribution in [3.8, 4) is 5.75 Å². The molecule has 78 valence electrons. The molecule has 2 heteroatoms. The molecule has 0 saturated heterocycles. The van der Waals surface area contributed by atoms with Gasteiger partial charge in [-0.25, -0.2) is 0 Å². The van der Waals surface area contributed by atoms with Crippen LogP contribution < -0.4 is 4.74 Å². The van der Waals surface area contributed by atoms with Gasteiger partial charge in [-0.05, 0) is 25.1 Å². The standard InChI is InChI=1S/C13H15NO/c1-11-5-6-13(15-2)12(9-11)10-14-7-3-4-8-14/h3-9H,10H2,1-2H3. The summed E-state index contributed by atoms with van der Waals surface area (Å²) in [5.74, 6) is 0.953. The highest BCUT2D eigenvalue weighted by atomic mass is 16.5. The predicted octanol–water partition coefficient (Wildman–Crippen LogP) is 2.85. The summed E-state index contributed by atoms with van der Waals surface area (Å²) in [7, 11) is 1.71. The van der Waals surface area contributed by atoms with E-state index in [0.717, 1.165) is 12.3 Å². The molecular weight excluding hydrogens is 186 g/mol. The lowest BCUT2D eigenvalue weighted by atomic mass is 10.1. The molecule has 0 aliphatic carbocycles. The van der Waals surface area contributed by atoms with E-state index in [1.165, 1.54) is 11.1 Å². The second kappa shape index (κ2) is 4.22. The fourth-order valence-corrected chi connectivity index (χ4v) is 1.70. The summed E-state index contributed by atoms with van der Waals surface area (Å²) < 4.78 is 7.47. The third kappa shape index (κ3) is 2.21. The maximum Gasteiger partial charge on any atom is 0.123 e. The first-order chi connectivity index (χ1) is 7.29. The molecule has 1 heterocycles. The van der Waals surface area contributed by atoms with E-state index >= 15 is 0 Å². The van der Waals surface area contributed by atoms with Gasteiger partial charge in [-0.15, -0.1) is 0 Å². The minimum Gasteiger partial charge on any atom is -0.496 e. The molecule has 15 heavy (non-hydrogen) atoms. The number of nitrogens with zero attached hydrogens (tertiary/aromatic N) is 1. The van der Waals surface area contributed by atoms with Crippen LogP contribution in [0.4, 0.5) is 0 Å². The number of hydrogen-bond acceptors (Lipinski definition) is 1. The van der Waals surface area contributed by atoms with Crippen LogP contribution in [-0.2, 0) is 6.54 Å².